The topological polar surface area (TPSA) is 56.2 Å². The van der Waals surface area contributed by atoms with Gasteiger partial charge in [-0.05, 0) is 29.8 Å². The van der Waals surface area contributed by atoms with Crippen LogP contribution < -0.4 is 10.1 Å². The third-order valence-corrected chi connectivity index (χ3v) is 4.89. The first kappa shape index (κ1) is 18.1. The first-order chi connectivity index (χ1) is 12.7. The zero-order valence-electron chi connectivity index (χ0n) is 14.6. The molecule has 0 atom stereocenters. The number of benzene rings is 2. The van der Waals surface area contributed by atoms with E-state index in [-0.39, 0.29) is 5.91 Å². The maximum absolute atomic E-state index is 12.2. The minimum absolute atomic E-state index is 0.0250. The molecule has 6 heteroatoms. The number of aromatic nitrogens is 2. The molecule has 0 unspecified atom stereocenters. The van der Waals surface area contributed by atoms with Gasteiger partial charge in [0.1, 0.15) is 5.75 Å². The zero-order valence-corrected chi connectivity index (χ0v) is 15.5. The lowest BCUT2D eigenvalue weighted by Crippen LogP contribution is -2.24. The summed E-state index contributed by atoms with van der Waals surface area (Å²) in [5.74, 6) is 1.09. The maximum Gasteiger partial charge on any atom is 0.230 e. The molecule has 0 aliphatic heterocycles. The van der Waals surface area contributed by atoms with Crippen molar-refractivity contribution in [2.24, 2.45) is 0 Å². The van der Waals surface area contributed by atoms with Gasteiger partial charge in [-0.1, -0.05) is 42.1 Å². The number of amides is 1. The van der Waals surface area contributed by atoms with Gasteiger partial charge in [0.25, 0.3) is 0 Å². The molecule has 0 bridgehead atoms. The smallest absolute Gasteiger partial charge is 0.230 e. The molecule has 1 N–H and O–H groups in total. The highest BCUT2D eigenvalue weighted by molar-refractivity contribution is 7.99. The van der Waals surface area contributed by atoms with Crippen LogP contribution in [0.4, 0.5) is 0 Å². The lowest BCUT2D eigenvalue weighted by molar-refractivity contribution is -0.118. The van der Waals surface area contributed by atoms with Gasteiger partial charge >= 0.3 is 0 Å². The minimum Gasteiger partial charge on any atom is -0.497 e. The molecular weight excluding hydrogens is 346 g/mol. The van der Waals surface area contributed by atoms with Crippen LogP contribution in [0.2, 0.25) is 0 Å². The second kappa shape index (κ2) is 8.58. The number of hydrogen-bond acceptors (Lipinski definition) is 4. The van der Waals surface area contributed by atoms with Gasteiger partial charge < -0.3 is 14.6 Å². The normalized spacial score (nSPS) is 10.7. The molecule has 1 amide bonds. The summed E-state index contributed by atoms with van der Waals surface area (Å²) in [6.45, 7) is 4.96. The number of rotatable bonds is 8. The molecule has 3 rings (SSSR count). The highest BCUT2D eigenvalue weighted by atomic mass is 32.2. The SMILES string of the molecule is C=CCn1c(SCC(=O)NCc2ccc(OC)cc2)nc2ccccc21. The third-order valence-electron chi connectivity index (χ3n) is 3.91. The minimum atomic E-state index is -0.0250. The van der Waals surface area contributed by atoms with Crippen LogP contribution in [0.1, 0.15) is 5.56 Å². The van der Waals surface area contributed by atoms with E-state index in [2.05, 4.69) is 21.4 Å². The van der Waals surface area contributed by atoms with Gasteiger partial charge in [-0.25, -0.2) is 4.98 Å². The van der Waals surface area contributed by atoms with Crippen molar-refractivity contribution in [3.05, 3.63) is 66.7 Å². The van der Waals surface area contributed by atoms with Crippen LogP contribution in [0, 0.1) is 0 Å². The molecule has 0 radical (unpaired) electrons. The molecule has 0 aliphatic carbocycles. The monoisotopic (exact) mass is 367 g/mol. The Bertz CT molecular complexity index is 903. The van der Waals surface area contributed by atoms with E-state index in [9.17, 15) is 4.79 Å². The van der Waals surface area contributed by atoms with Gasteiger partial charge in [-0.2, -0.15) is 0 Å². The van der Waals surface area contributed by atoms with Crippen LogP contribution in [0.3, 0.4) is 0 Å². The highest BCUT2D eigenvalue weighted by Gasteiger charge is 2.12. The molecule has 5 nitrogen and oxygen atoms in total. The molecule has 0 spiro atoms. The summed E-state index contributed by atoms with van der Waals surface area (Å²) in [6, 6.07) is 15.6. The number of thioether (sulfide) groups is 1. The number of ether oxygens (including phenoxy) is 1. The predicted molar refractivity (Wildman–Crippen MR) is 105 cm³/mol. The molecule has 1 aromatic heterocycles. The van der Waals surface area contributed by atoms with E-state index in [0.29, 0.717) is 18.8 Å². The Hall–Kier alpha value is -2.73. The summed E-state index contributed by atoms with van der Waals surface area (Å²) in [5.41, 5.74) is 3.01. The number of carbonyl (C=O) groups excluding carboxylic acids is 1. The van der Waals surface area contributed by atoms with E-state index in [1.54, 1.807) is 7.11 Å². The van der Waals surface area contributed by atoms with E-state index in [1.807, 2.05) is 54.6 Å². The number of methoxy groups -OCH3 is 1. The third kappa shape index (κ3) is 4.26. The summed E-state index contributed by atoms with van der Waals surface area (Å²) >= 11 is 1.43. The van der Waals surface area contributed by atoms with Gasteiger partial charge in [0.2, 0.25) is 5.91 Å². The number of hydrogen-bond donors (Lipinski definition) is 1. The summed E-state index contributed by atoms with van der Waals surface area (Å²) in [4.78, 5) is 16.8. The van der Waals surface area contributed by atoms with Crippen LogP contribution in [0.5, 0.6) is 5.75 Å². The number of imidazole rings is 1. The van der Waals surface area contributed by atoms with Gasteiger partial charge in [0.15, 0.2) is 5.16 Å². The molecular formula is C20H21N3O2S. The number of carbonyl (C=O) groups is 1. The molecule has 26 heavy (non-hydrogen) atoms. The van der Waals surface area contributed by atoms with Crippen molar-refractivity contribution in [3.8, 4) is 5.75 Å². The molecule has 0 saturated carbocycles. The van der Waals surface area contributed by atoms with E-state index >= 15 is 0 Å². The molecule has 0 aliphatic rings. The summed E-state index contributed by atoms with van der Waals surface area (Å²) in [5, 5.41) is 3.76. The Balaban J connectivity index is 1.59. The lowest BCUT2D eigenvalue weighted by Gasteiger charge is -2.07. The number of fused-ring (bicyclic) bond motifs is 1. The van der Waals surface area contributed by atoms with Crippen molar-refractivity contribution in [3.63, 3.8) is 0 Å². The fraction of sp³-hybridized carbons (Fsp3) is 0.200. The molecule has 2 aromatic carbocycles. The number of nitrogens with zero attached hydrogens (tertiary/aromatic N) is 2. The predicted octanol–water partition coefficient (Wildman–Crippen LogP) is 3.64. The second-order valence-electron chi connectivity index (χ2n) is 5.70. The van der Waals surface area contributed by atoms with Crippen molar-refractivity contribution in [2.45, 2.75) is 18.2 Å². The lowest BCUT2D eigenvalue weighted by atomic mass is 10.2. The molecule has 0 fully saturated rings. The highest BCUT2D eigenvalue weighted by Crippen LogP contribution is 2.24. The Kier molecular flexibility index (Phi) is 5.96. The Morgan fingerprint density at radius 3 is 2.77 bits per heavy atom. The van der Waals surface area contributed by atoms with Crippen LogP contribution in [0.15, 0.2) is 66.3 Å². The number of allylic oxidation sites excluding steroid dienone is 1. The number of para-hydroxylation sites is 2. The van der Waals surface area contributed by atoms with E-state index in [1.165, 1.54) is 11.8 Å². The fourth-order valence-corrected chi connectivity index (χ4v) is 3.45. The van der Waals surface area contributed by atoms with Gasteiger partial charge in [-0.15, -0.1) is 6.58 Å². The zero-order chi connectivity index (χ0) is 18.4. The van der Waals surface area contributed by atoms with E-state index < -0.39 is 0 Å². The Morgan fingerprint density at radius 1 is 1.27 bits per heavy atom. The molecule has 0 saturated heterocycles. The van der Waals surface area contributed by atoms with Crippen molar-refractivity contribution >= 4 is 28.7 Å². The van der Waals surface area contributed by atoms with Crippen molar-refractivity contribution in [2.75, 3.05) is 12.9 Å². The second-order valence-corrected chi connectivity index (χ2v) is 6.64. The van der Waals surface area contributed by atoms with Gasteiger partial charge in [0, 0.05) is 13.1 Å². The summed E-state index contributed by atoms with van der Waals surface area (Å²) in [7, 11) is 1.63. The van der Waals surface area contributed by atoms with E-state index in [4.69, 9.17) is 4.74 Å². The largest absolute Gasteiger partial charge is 0.497 e. The van der Waals surface area contributed by atoms with Gasteiger partial charge in [0.05, 0.1) is 23.9 Å². The van der Waals surface area contributed by atoms with E-state index in [0.717, 1.165) is 27.5 Å². The van der Waals surface area contributed by atoms with Gasteiger partial charge in [-0.3, -0.25) is 4.79 Å². The van der Waals surface area contributed by atoms with Crippen LogP contribution >= 0.6 is 11.8 Å². The number of nitrogens with one attached hydrogen (secondary N) is 1. The quantitative estimate of drug-likeness (QED) is 0.488. The summed E-state index contributed by atoms with van der Waals surface area (Å²) < 4.78 is 7.20. The molecule has 134 valence electrons. The Labute approximate surface area is 157 Å². The summed E-state index contributed by atoms with van der Waals surface area (Å²) in [6.07, 6.45) is 1.84. The Morgan fingerprint density at radius 2 is 2.04 bits per heavy atom. The van der Waals surface area contributed by atoms with Crippen LogP contribution in [-0.2, 0) is 17.9 Å². The van der Waals surface area contributed by atoms with Crippen LogP contribution in [0.25, 0.3) is 11.0 Å². The average Bonchev–Trinajstić information content (AvgIpc) is 3.03. The fourth-order valence-electron chi connectivity index (χ4n) is 2.59. The molecule has 1 heterocycles. The van der Waals surface area contributed by atoms with Crippen molar-refractivity contribution < 1.29 is 9.53 Å². The first-order valence-corrected chi connectivity index (χ1v) is 9.28. The van der Waals surface area contributed by atoms with Crippen molar-refractivity contribution in [1.29, 1.82) is 0 Å². The first-order valence-electron chi connectivity index (χ1n) is 8.30. The molecule has 3 aromatic rings. The maximum atomic E-state index is 12.2. The van der Waals surface area contributed by atoms with Crippen molar-refractivity contribution in [1.82, 2.24) is 14.9 Å². The standard InChI is InChI=1S/C20H21N3O2S/c1-3-12-23-18-7-5-4-6-17(18)22-20(23)26-14-19(24)21-13-15-8-10-16(25-2)11-9-15/h3-11H,1,12-14H2,2H3,(H,21,24). The average molecular weight is 367 g/mol. The van der Waals surface area contributed by atoms with Crippen LogP contribution in [-0.4, -0.2) is 28.3 Å².